The highest BCUT2D eigenvalue weighted by Gasteiger charge is 2.23. The second kappa shape index (κ2) is 14.3. The molecule has 8 heteroatoms. The first kappa shape index (κ1) is 24.3. The minimum atomic E-state index is -4.07. The molecule has 0 spiro atoms. The van der Waals surface area contributed by atoms with Crippen molar-refractivity contribution in [3.63, 3.8) is 0 Å². The van der Waals surface area contributed by atoms with Gasteiger partial charge in [0.1, 0.15) is 0 Å². The molecule has 0 aliphatic carbocycles. The van der Waals surface area contributed by atoms with Crippen LogP contribution < -0.4 is 0 Å². The molecule has 154 valence electrons. The fourth-order valence-corrected chi connectivity index (χ4v) is 3.79. The van der Waals surface area contributed by atoms with Crippen molar-refractivity contribution >= 4 is 24.7 Å². The van der Waals surface area contributed by atoms with Gasteiger partial charge in [-0.25, -0.2) is 4.57 Å². The number of rotatable bonds is 15. The Morgan fingerprint density at radius 3 is 2.59 bits per heavy atom. The Kier molecular flexibility index (Phi) is 12.9. The van der Waals surface area contributed by atoms with Gasteiger partial charge in [0.05, 0.1) is 18.5 Å². The van der Waals surface area contributed by atoms with Crippen LogP contribution in [0.25, 0.3) is 0 Å². The van der Waals surface area contributed by atoms with Crippen LogP contribution in [-0.2, 0) is 29.6 Å². The van der Waals surface area contributed by atoms with Crippen molar-refractivity contribution in [1.29, 1.82) is 0 Å². The molecule has 1 rings (SSSR count). The van der Waals surface area contributed by atoms with E-state index in [1.54, 1.807) is 0 Å². The molecule has 0 saturated heterocycles. The highest BCUT2D eigenvalue weighted by molar-refractivity contribution is 8.14. The van der Waals surface area contributed by atoms with E-state index in [1.807, 2.05) is 30.3 Å². The first-order valence-corrected chi connectivity index (χ1v) is 11.7. The molecule has 1 aromatic carbocycles. The first-order valence-electron chi connectivity index (χ1n) is 9.31. The van der Waals surface area contributed by atoms with Gasteiger partial charge >= 0.3 is 7.82 Å². The minimum absolute atomic E-state index is 0.00669. The summed E-state index contributed by atoms with van der Waals surface area (Å²) in [5.41, 5.74) is 1.10. The summed E-state index contributed by atoms with van der Waals surface area (Å²) in [6.45, 7) is 2.96. The summed E-state index contributed by atoms with van der Waals surface area (Å²) in [5, 5.41) is -0.345. The number of ether oxygens (including phenoxy) is 1. The van der Waals surface area contributed by atoms with Gasteiger partial charge in [-0.05, 0) is 18.4 Å². The average molecular weight is 418 g/mol. The largest absolute Gasteiger partial charge is 0.471 e. The molecular formula is C19H31O6PS. The highest BCUT2D eigenvalue weighted by Crippen LogP contribution is 2.42. The molecule has 0 aliphatic rings. The van der Waals surface area contributed by atoms with Crippen molar-refractivity contribution in [3.05, 3.63) is 35.9 Å². The standard InChI is InChI=1S/C19H31O6PS/c1-3-4-5-9-14-24-15-18(16-25-26(21,22)23-2)27-19(20)13-12-17-10-7-6-8-11-17/h6-8,10-11,18H,3-5,9,12-16H2,1-2H3,(H,21,22)/t18-/m1/s1. The normalized spacial score (nSPS) is 14.6. The Bertz CT molecular complexity index is 569. The van der Waals surface area contributed by atoms with E-state index in [-0.39, 0.29) is 23.6 Å². The van der Waals surface area contributed by atoms with E-state index in [0.717, 1.165) is 43.7 Å². The van der Waals surface area contributed by atoms with Crippen LogP contribution >= 0.6 is 19.6 Å². The van der Waals surface area contributed by atoms with E-state index in [2.05, 4.69) is 11.4 Å². The zero-order chi connectivity index (χ0) is 20.0. The number of phosphoric acid groups is 1. The molecule has 1 unspecified atom stereocenters. The van der Waals surface area contributed by atoms with Gasteiger partial charge in [0, 0.05) is 20.1 Å². The lowest BCUT2D eigenvalue weighted by atomic mass is 10.1. The zero-order valence-corrected chi connectivity index (χ0v) is 17.9. The van der Waals surface area contributed by atoms with E-state index in [9.17, 15) is 14.3 Å². The average Bonchev–Trinajstić information content (AvgIpc) is 2.68. The lowest BCUT2D eigenvalue weighted by Gasteiger charge is -2.17. The molecule has 0 aliphatic heterocycles. The highest BCUT2D eigenvalue weighted by atomic mass is 32.2. The molecule has 0 heterocycles. The van der Waals surface area contributed by atoms with E-state index in [0.29, 0.717) is 19.4 Å². The summed E-state index contributed by atoms with van der Waals surface area (Å²) in [7, 11) is -2.96. The molecule has 0 saturated carbocycles. The van der Waals surface area contributed by atoms with E-state index in [4.69, 9.17) is 9.26 Å². The Labute approximate surface area is 166 Å². The lowest BCUT2D eigenvalue weighted by Crippen LogP contribution is -2.21. The summed E-state index contributed by atoms with van der Waals surface area (Å²) in [4.78, 5) is 21.7. The molecule has 0 amide bonds. The quantitative estimate of drug-likeness (QED) is 0.329. The third-order valence-electron chi connectivity index (χ3n) is 3.86. The van der Waals surface area contributed by atoms with Crippen LogP contribution in [0.2, 0.25) is 0 Å². The molecular weight excluding hydrogens is 387 g/mol. The third-order valence-corrected chi connectivity index (χ3v) is 5.87. The Hall–Kier alpha value is -0.690. The van der Waals surface area contributed by atoms with E-state index < -0.39 is 7.82 Å². The van der Waals surface area contributed by atoms with Crippen molar-refractivity contribution in [1.82, 2.24) is 0 Å². The summed E-state index contributed by atoms with van der Waals surface area (Å²) >= 11 is 1.11. The second-order valence-electron chi connectivity index (χ2n) is 6.18. The predicted octanol–water partition coefficient (Wildman–Crippen LogP) is 4.61. The number of hydrogen-bond acceptors (Lipinski definition) is 6. The van der Waals surface area contributed by atoms with Crippen molar-refractivity contribution < 1.29 is 28.0 Å². The fourth-order valence-electron chi connectivity index (χ4n) is 2.33. The molecule has 1 N–H and O–H groups in total. The summed E-state index contributed by atoms with van der Waals surface area (Å²) in [6, 6.07) is 9.80. The van der Waals surface area contributed by atoms with Crippen molar-refractivity contribution in [2.24, 2.45) is 0 Å². The van der Waals surface area contributed by atoms with E-state index in [1.165, 1.54) is 6.42 Å². The number of thioether (sulfide) groups is 1. The molecule has 6 nitrogen and oxygen atoms in total. The first-order chi connectivity index (χ1) is 13.0. The number of benzene rings is 1. The van der Waals surface area contributed by atoms with Gasteiger partial charge in [0.15, 0.2) is 5.12 Å². The van der Waals surface area contributed by atoms with Crippen LogP contribution in [-0.4, -0.2) is 42.2 Å². The Morgan fingerprint density at radius 2 is 1.93 bits per heavy atom. The van der Waals surface area contributed by atoms with Gasteiger partial charge in [-0.15, -0.1) is 0 Å². The number of hydrogen-bond donors (Lipinski definition) is 1. The molecule has 1 aromatic rings. The zero-order valence-electron chi connectivity index (χ0n) is 16.2. The molecule has 0 bridgehead atoms. The molecule has 0 fully saturated rings. The number of unbranched alkanes of at least 4 members (excludes halogenated alkanes) is 3. The maximum atomic E-state index is 12.3. The summed E-state index contributed by atoms with van der Waals surface area (Å²) in [6.07, 6.45) is 5.45. The van der Waals surface area contributed by atoms with Gasteiger partial charge in [-0.3, -0.25) is 13.8 Å². The van der Waals surface area contributed by atoms with Gasteiger partial charge in [0.25, 0.3) is 0 Å². The molecule has 0 aromatic heterocycles. The number of carbonyl (C=O) groups is 1. The van der Waals surface area contributed by atoms with Crippen molar-refractivity contribution in [2.45, 2.75) is 50.7 Å². The van der Waals surface area contributed by atoms with Gasteiger partial charge < -0.3 is 9.63 Å². The molecule has 27 heavy (non-hydrogen) atoms. The van der Waals surface area contributed by atoms with Crippen LogP contribution in [0.3, 0.4) is 0 Å². The number of aryl methyl sites for hydroxylation is 1. The predicted molar refractivity (Wildman–Crippen MR) is 109 cm³/mol. The van der Waals surface area contributed by atoms with Gasteiger partial charge in [0.2, 0.25) is 0 Å². The maximum absolute atomic E-state index is 12.3. The van der Waals surface area contributed by atoms with Crippen LogP contribution in [0.15, 0.2) is 30.3 Å². The SMILES string of the molecule is CCCCCCOC[C@H](COP(=O)(O)OC)SC(=O)CCc1ccccc1. The summed E-state index contributed by atoms with van der Waals surface area (Å²) < 4.78 is 26.5. The Balaban J connectivity index is 2.42. The molecule has 0 radical (unpaired) electrons. The van der Waals surface area contributed by atoms with Crippen LogP contribution in [0.1, 0.15) is 44.6 Å². The van der Waals surface area contributed by atoms with Crippen LogP contribution in [0.4, 0.5) is 0 Å². The molecule has 2 atom stereocenters. The Morgan fingerprint density at radius 1 is 1.19 bits per heavy atom. The van der Waals surface area contributed by atoms with Gasteiger partial charge in [-0.1, -0.05) is 68.3 Å². The minimum Gasteiger partial charge on any atom is -0.380 e. The third kappa shape index (κ3) is 12.4. The summed E-state index contributed by atoms with van der Waals surface area (Å²) in [5.74, 6) is 0. The topological polar surface area (TPSA) is 82.1 Å². The maximum Gasteiger partial charge on any atom is 0.471 e. The van der Waals surface area contributed by atoms with Crippen molar-refractivity contribution in [2.75, 3.05) is 26.9 Å². The van der Waals surface area contributed by atoms with E-state index >= 15 is 0 Å². The van der Waals surface area contributed by atoms with Crippen molar-refractivity contribution in [3.8, 4) is 0 Å². The van der Waals surface area contributed by atoms with Crippen LogP contribution in [0, 0.1) is 0 Å². The smallest absolute Gasteiger partial charge is 0.380 e. The van der Waals surface area contributed by atoms with Crippen LogP contribution in [0.5, 0.6) is 0 Å². The lowest BCUT2D eigenvalue weighted by molar-refractivity contribution is -0.111. The second-order valence-corrected chi connectivity index (χ2v) is 9.10. The van der Waals surface area contributed by atoms with Gasteiger partial charge in [-0.2, -0.15) is 0 Å². The number of phosphoric ester groups is 1. The number of carbonyl (C=O) groups excluding carboxylic acids is 1. The fraction of sp³-hybridized carbons (Fsp3) is 0.632. The monoisotopic (exact) mass is 418 g/mol.